The van der Waals surface area contributed by atoms with Crippen molar-refractivity contribution in [3.8, 4) is 0 Å². The van der Waals surface area contributed by atoms with Gasteiger partial charge in [-0.05, 0) is 13.5 Å². The Bertz CT molecular complexity index is 118. The molecule has 1 unspecified atom stereocenters. The van der Waals surface area contributed by atoms with Crippen molar-refractivity contribution in [2.75, 3.05) is 27.3 Å². The predicted molar refractivity (Wildman–Crippen MR) is 48.9 cm³/mol. The van der Waals surface area contributed by atoms with Crippen LogP contribution in [0.25, 0.3) is 0 Å². The smallest absolute Gasteiger partial charge is 0.175 e. The van der Waals surface area contributed by atoms with Gasteiger partial charge < -0.3 is 20.5 Å². The lowest BCUT2D eigenvalue weighted by atomic mass is 10.0. The Morgan fingerprint density at radius 1 is 1.42 bits per heavy atom. The molecule has 0 bridgehead atoms. The van der Waals surface area contributed by atoms with E-state index >= 15 is 0 Å². The van der Waals surface area contributed by atoms with Gasteiger partial charge in [0.05, 0.1) is 5.54 Å². The first-order valence-corrected chi connectivity index (χ1v) is 4.15. The zero-order valence-corrected chi connectivity index (χ0v) is 8.39. The molecule has 0 aromatic rings. The van der Waals surface area contributed by atoms with E-state index in [0.29, 0.717) is 6.54 Å². The van der Waals surface area contributed by atoms with Crippen LogP contribution >= 0.6 is 0 Å². The van der Waals surface area contributed by atoms with E-state index in [4.69, 9.17) is 15.2 Å². The van der Waals surface area contributed by atoms with Gasteiger partial charge in [0.15, 0.2) is 6.29 Å². The van der Waals surface area contributed by atoms with Crippen LogP contribution in [0, 0.1) is 0 Å². The van der Waals surface area contributed by atoms with Crippen molar-refractivity contribution in [1.29, 1.82) is 0 Å². The summed E-state index contributed by atoms with van der Waals surface area (Å²) >= 11 is 0. The fourth-order valence-electron chi connectivity index (χ4n) is 1.27. The van der Waals surface area contributed by atoms with Crippen LogP contribution in [-0.2, 0) is 9.47 Å². The molecule has 4 heteroatoms. The summed E-state index contributed by atoms with van der Waals surface area (Å²) in [4.78, 5) is 0. The van der Waals surface area contributed by atoms with E-state index in [2.05, 4.69) is 5.32 Å². The first-order valence-electron chi connectivity index (χ1n) is 4.15. The summed E-state index contributed by atoms with van der Waals surface area (Å²) in [5.74, 6) is 0. The van der Waals surface area contributed by atoms with E-state index in [1.807, 2.05) is 13.8 Å². The maximum absolute atomic E-state index is 5.62. The summed E-state index contributed by atoms with van der Waals surface area (Å²) in [5.41, 5.74) is 5.32. The Kier molecular flexibility index (Phi) is 5.41. The van der Waals surface area contributed by atoms with Crippen LogP contribution in [0.3, 0.4) is 0 Å². The molecular weight excluding hydrogens is 156 g/mol. The molecule has 74 valence electrons. The fourth-order valence-corrected chi connectivity index (χ4v) is 1.27. The predicted octanol–water partition coefficient (Wildman–Crippen LogP) is -0.0678. The highest BCUT2D eigenvalue weighted by molar-refractivity contribution is 4.87. The van der Waals surface area contributed by atoms with Gasteiger partial charge in [-0.2, -0.15) is 0 Å². The molecule has 0 aromatic carbocycles. The molecule has 0 aliphatic rings. The van der Waals surface area contributed by atoms with Gasteiger partial charge in [-0.1, -0.05) is 6.92 Å². The number of ether oxygens (including phenoxy) is 2. The molecule has 0 saturated heterocycles. The maximum Gasteiger partial charge on any atom is 0.175 e. The Morgan fingerprint density at radius 2 is 1.92 bits per heavy atom. The molecule has 12 heavy (non-hydrogen) atoms. The molecule has 0 aliphatic carbocycles. The third-order valence-electron chi connectivity index (χ3n) is 1.95. The second-order valence-corrected chi connectivity index (χ2v) is 2.96. The number of hydrogen-bond donors (Lipinski definition) is 2. The summed E-state index contributed by atoms with van der Waals surface area (Å²) in [7, 11) is 3.22. The van der Waals surface area contributed by atoms with Gasteiger partial charge in [0.2, 0.25) is 0 Å². The van der Waals surface area contributed by atoms with Gasteiger partial charge in [-0.15, -0.1) is 0 Å². The average molecular weight is 176 g/mol. The van der Waals surface area contributed by atoms with E-state index < -0.39 is 0 Å². The third kappa shape index (κ3) is 2.71. The van der Waals surface area contributed by atoms with Crippen molar-refractivity contribution in [2.45, 2.75) is 25.7 Å². The van der Waals surface area contributed by atoms with Crippen molar-refractivity contribution in [1.82, 2.24) is 5.32 Å². The molecule has 4 nitrogen and oxygen atoms in total. The molecular formula is C8H20N2O2. The Hall–Kier alpha value is -0.160. The molecule has 0 aromatic heterocycles. The lowest BCUT2D eigenvalue weighted by molar-refractivity contribution is -0.148. The molecule has 1 atom stereocenters. The van der Waals surface area contributed by atoms with Crippen LogP contribution in [-0.4, -0.2) is 39.1 Å². The lowest BCUT2D eigenvalue weighted by Crippen LogP contribution is -2.58. The van der Waals surface area contributed by atoms with Gasteiger partial charge >= 0.3 is 0 Å². The second kappa shape index (κ2) is 5.48. The molecule has 0 amide bonds. The van der Waals surface area contributed by atoms with Crippen LogP contribution in [0.1, 0.15) is 13.8 Å². The molecule has 3 N–H and O–H groups in total. The normalized spacial score (nSPS) is 16.5. The first kappa shape index (κ1) is 11.8. The number of nitrogens with one attached hydrogen (secondary N) is 1. The minimum Gasteiger partial charge on any atom is -0.354 e. The highest BCUT2D eigenvalue weighted by Gasteiger charge is 2.32. The topological polar surface area (TPSA) is 56.5 Å². The maximum atomic E-state index is 5.62. The highest BCUT2D eigenvalue weighted by atomic mass is 16.7. The van der Waals surface area contributed by atoms with E-state index in [1.54, 1.807) is 14.2 Å². The molecule has 0 fully saturated rings. The van der Waals surface area contributed by atoms with E-state index in [0.717, 1.165) is 6.54 Å². The standard InChI is InChI=1S/C8H20N2O2/c1-5-10-8(2,6-9)7(11-3)12-4/h7,10H,5-6,9H2,1-4H3. The monoisotopic (exact) mass is 176 g/mol. The number of methoxy groups -OCH3 is 2. The summed E-state index contributed by atoms with van der Waals surface area (Å²) in [5, 5.41) is 3.24. The SMILES string of the molecule is CCNC(C)(CN)C(OC)OC. The van der Waals surface area contributed by atoms with Crippen LogP contribution in [0.15, 0.2) is 0 Å². The van der Waals surface area contributed by atoms with Crippen LogP contribution in [0.4, 0.5) is 0 Å². The van der Waals surface area contributed by atoms with Crippen molar-refractivity contribution >= 4 is 0 Å². The Balaban J connectivity index is 4.24. The highest BCUT2D eigenvalue weighted by Crippen LogP contribution is 2.11. The summed E-state index contributed by atoms with van der Waals surface area (Å²) < 4.78 is 10.3. The molecule has 0 heterocycles. The largest absolute Gasteiger partial charge is 0.354 e. The molecule has 0 saturated carbocycles. The van der Waals surface area contributed by atoms with Crippen molar-refractivity contribution in [2.24, 2.45) is 5.73 Å². The zero-order chi connectivity index (χ0) is 9.61. The van der Waals surface area contributed by atoms with Gasteiger partial charge in [0.25, 0.3) is 0 Å². The van der Waals surface area contributed by atoms with Crippen LogP contribution in [0.5, 0.6) is 0 Å². The van der Waals surface area contributed by atoms with Gasteiger partial charge in [-0.3, -0.25) is 0 Å². The van der Waals surface area contributed by atoms with Crippen molar-refractivity contribution < 1.29 is 9.47 Å². The van der Waals surface area contributed by atoms with Crippen LogP contribution in [0.2, 0.25) is 0 Å². The lowest BCUT2D eigenvalue weighted by Gasteiger charge is -2.35. The minimum absolute atomic E-state index is 0.303. The number of hydrogen-bond acceptors (Lipinski definition) is 4. The van der Waals surface area contributed by atoms with Gasteiger partial charge in [0, 0.05) is 20.8 Å². The summed E-state index contributed by atoms with van der Waals surface area (Å²) in [6.07, 6.45) is -0.303. The summed E-state index contributed by atoms with van der Waals surface area (Å²) in [6, 6.07) is 0. The Labute approximate surface area is 74.4 Å². The number of nitrogens with two attached hydrogens (primary N) is 1. The zero-order valence-electron chi connectivity index (χ0n) is 8.39. The van der Waals surface area contributed by atoms with E-state index in [1.165, 1.54) is 0 Å². The number of likely N-dealkylation sites (N-methyl/N-ethyl adjacent to an activating group) is 1. The third-order valence-corrected chi connectivity index (χ3v) is 1.95. The molecule has 0 rings (SSSR count). The summed E-state index contributed by atoms with van der Waals surface area (Å²) in [6.45, 7) is 5.33. The van der Waals surface area contributed by atoms with E-state index in [-0.39, 0.29) is 11.8 Å². The van der Waals surface area contributed by atoms with Gasteiger partial charge in [-0.25, -0.2) is 0 Å². The molecule has 0 aliphatic heterocycles. The van der Waals surface area contributed by atoms with Crippen LogP contribution < -0.4 is 11.1 Å². The van der Waals surface area contributed by atoms with Crippen molar-refractivity contribution in [3.63, 3.8) is 0 Å². The fraction of sp³-hybridized carbons (Fsp3) is 1.00. The second-order valence-electron chi connectivity index (χ2n) is 2.96. The van der Waals surface area contributed by atoms with Crippen molar-refractivity contribution in [3.05, 3.63) is 0 Å². The first-order chi connectivity index (χ1) is 5.64. The number of rotatable bonds is 6. The minimum atomic E-state index is -0.307. The Morgan fingerprint density at radius 3 is 2.17 bits per heavy atom. The van der Waals surface area contributed by atoms with E-state index in [9.17, 15) is 0 Å². The quantitative estimate of drug-likeness (QED) is 0.556. The molecule has 0 spiro atoms. The molecule has 0 radical (unpaired) electrons. The van der Waals surface area contributed by atoms with Gasteiger partial charge in [0.1, 0.15) is 0 Å². The average Bonchev–Trinajstić information content (AvgIpc) is 2.07.